The quantitative estimate of drug-likeness (QED) is 0.652. The second kappa shape index (κ2) is 2.89. The Morgan fingerprint density at radius 3 is 2.92 bits per heavy atom. The zero-order valence-corrected chi connectivity index (χ0v) is 7.97. The number of aryl methyl sites for hydroxylation is 1. The fourth-order valence-corrected chi connectivity index (χ4v) is 1.48. The standard InChI is InChI=1S/C10H9ClN2/c1-6-3-2-4-9-7(6)5-8(12)10(11)13-9/h2-5H,12H2,1H3. The minimum Gasteiger partial charge on any atom is -0.396 e. The van der Waals surface area contributed by atoms with Crippen molar-refractivity contribution in [2.45, 2.75) is 6.92 Å². The van der Waals surface area contributed by atoms with E-state index < -0.39 is 0 Å². The van der Waals surface area contributed by atoms with Crippen LogP contribution in [0.5, 0.6) is 0 Å². The number of nitrogen functional groups attached to an aromatic ring is 1. The minimum absolute atomic E-state index is 0.373. The summed E-state index contributed by atoms with van der Waals surface area (Å²) in [5.74, 6) is 0. The fraction of sp³-hybridized carbons (Fsp3) is 0.100. The Hall–Kier alpha value is -1.28. The van der Waals surface area contributed by atoms with Gasteiger partial charge in [0.1, 0.15) is 0 Å². The highest BCUT2D eigenvalue weighted by Crippen LogP contribution is 2.24. The lowest BCUT2D eigenvalue weighted by atomic mass is 10.1. The monoisotopic (exact) mass is 192 g/mol. The highest BCUT2D eigenvalue weighted by Gasteiger charge is 2.02. The van der Waals surface area contributed by atoms with E-state index in [9.17, 15) is 0 Å². The summed E-state index contributed by atoms with van der Waals surface area (Å²) in [4.78, 5) is 4.18. The maximum absolute atomic E-state index is 5.80. The molecule has 0 unspecified atom stereocenters. The van der Waals surface area contributed by atoms with E-state index in [1.54, 1.807) is 0 Å². The third kappa shape index (κ3) is 1.33. The third-order valence-electron chi connectivity index (χ3n) is 2.06. The van der Waals surface area contributed by atoms with Gasteiger partial charge >= 0.3 is 0 Å². The molecule has 13 heavy (non-hydrogen) atoms. The molecule has 2 rings (SSSR count). The van der Waals surface area contributed by atoms with Crippen LogP contribution in [0.3, 0.4) is 0 Å². The number of rotatable bonds is 0. The van der Waals surface area contributed by atoms with E-state index in [0.717, 1.165) is 16.5 Å². The van der Waals surface area contributed by atoms with Crippen molar-refractivity contribution in [3.05, 3.63) is 35.0 Å². The van der Waals surface area contributed by atoms with Gasteiger partial charge in [-0.3, -0.25) is 0 Å². The highest BCUT2D eigenvalue weighted by molar-refractivity contribution is 6.32. The molecule has 1 heterocycles. The van der Waals surface area contributed by atoms with Crippen LogP contribution in [0.1, 0.15) is 5.56 Å². The molecule has 66 valence electrons. The van der Waals surface area contributed by atoms with Crippen LogP contribution in [0.4, 0.5) is 5.69 Å². The molecule has 0 bridgehead atoms. The van der Waals surface area contributed by atoms with Crippen LogP contribution in [0.25, 0.3) is 10.9 Å². The SMILES string of the molecule is Cc1cccc2nc(Cl)c(N)cc12. The Morgan fingerprint density at radius 1 is 1.38 bits per heavy atom. The normalized spacial score (nSPS) is 10.6. The van der Waals surface area contributed by atoms with Gasteiger partial charge in [-0.2, -0.15) is 0 Å². The number of anilines is 1. The summed E-state index contributed by atoms with van der Waals surface area (Å²) in [5, 5.41) is 1.43. The predicted octanol–water partition coefficient (Wildman–Crippen LogP) is 2.78. The summed E-state index contributed by atoms with van der Waals surface area (Å²) in [6, 6.07) is 7.77. The molecule has 0 amide bonds. The highest BCUT2D eigenvalue weighted by atomic mass is 35.5. The molecule has 0 atom stereocenters. The van der Waals surface area contributed by atoms with Gasteiger partial charge < -0.3 is 5.73 Å². The lowest BCUT2D eigenvalue weighted by Crippen LogP contribution is -1.91. The van der Waals surface area contributed by atoms with Crippen LogP contribution in [0, 0.1) is 6.92 Å². The summed E-state index contributed by atoms with van der Waals surface area (Å²) < 4.78 is 0. The summed E-state index contributed by atoms with van der Waals surface area (Å²) >= 11 is 5.80. The predicted molar refractivity (Wildman–Crippen MR) is 55.9 cm³/mol. The molecule has 0 aliphatic carbocycles. The number of fused-ring (bicyclic) bond motifs is 1. The first-order valence-corrected chi connectivity index (χ1v) is 4.37. The number of aromatic nitrogens is 1. The zero-order valence-electron chi connectivity index (χ0n) is 7.21. The number of halogens is 1. The molecule has 2 nitrogen and oxygen atoms in total. The van der Waals surface area contributed by atoms with Gasteiger partial charge in [-0.05, 0) is 24.6 Å². The smallest absolute Gasteiger partial charge is 0.152 e. The Labute approximate surface area is 81.3 Å². The van der Waals surface area contributed by atoms with Crippen LogP contribution >= 0.6 is 11.6 Å². The Kier molecular flexibility index (Phi) is 1.85. The lowest BCUT2D eigenvalue weighted by Gasteiger charge is -2.03. The number of nitrogens with two attached hydrogens (primary N) is 1. The second-order valence-corrected chi connectivity index (χ2v) is 3.37. The van der Waals surface area contributed by atoms with Gasteiger partial charge in [0.15, 0.2) is 5.15 Å². The van der Waals surface area contributed by atoms with Gasteiger partial charge in [-0.1, -0.05) is 23.7 Å². The van der Waals surface area contributed by atoms with Crippen molar-refractivity contribution in [1.82, 2.24) is 4.98 Å². The van der Waals surface area contributed by atoms with Crippen LogP contribution in [-0.4, -0.2) is 4.98 Å². The number of hydrogen-bond donors (Lipinski definition) is 1. The van der Waals surface area contributed by atoms with E-state index in [1.165, 1.54) is 0 Å². The van der Waals surface area contributed by atoms with Crippen molar-refractivity contribution in [2.24, 2.45) is 0 Å². The van der Waals surface area contributed by atoms with Crippen molar-refractivity contribution in [3.63, 3.8) is 0 Å². The molecule has 0 spiro atoms. The average Bonchev–Trinajstić information content (AvgIpc) is 2.09. The number of benzene rings is 1. The van der Waals surface area contributed by atoms with Crippen molar-refractivity contribution < 1.29 is 0 Å². The van der Waals surface area contributed by atoms with Crippen LogP contribution in [0.15, 0.2) is 24.3 Å². The molecule has 1 aromatic heterocycles. The first-order chi connectivity index (χ1) is 6.18. The maximum atomic E-state index is 5.80. The van der Waals surface area contributed by atoms with Gasteiger partial charge in [0.2, 0.25) is 0 Å². The summed E-state index contributed by atoms with van der Waals surface area (Å²) in [6.45, 7) is 2.03. The summed E-state index contributed by atoms with van der Waals surface area (Å²) in [6.07, 6.45) is 0. The number of pyridine rings is 1. The first kappa shape index (κ1) is 8.32. The topological polar surface area (TPSA) is 38.9 Å². The average molecular weight is 193 g/mol. The zero-order chi connectivity index (χ0) is 9.42. The largest absolute Gasteiger partial charge is 0.396 e. The van der Waals surface area contributed by atoms with E-state index in [-0.39, 0.29) is 0 Å². The Morgan fingerprint density at radius 2 is 2.15 bits per heavy atom. The molecule has 3 heteroatoms. The molecule has 0 radical (unpaired) electrons. The second-order valence-electron chi connectivity index (χ2n) is 3.01. The van der Waals surface area contributed by atoms with Crippen LogP contribution in [-0.2, 0) is 0 Å². The maximum Gasteiger partial charge on any atom is 0.152 e. The number of nitrogens with zero attached hydrogens (tertiary/aromatic N) is 1. The van der Waals surface area contributed by atoms with Gasteiger partial charge in [0.25, 0.3) is 0 Å². The molecule has 0 saturated heterocycles. The first-order valence-electron chi connectivity index (χ1n) is 4.00. The van der Waals surface area contributed by atoms with Gasteiger partial charge in [0, 0.05) is 5.39 Å². The lowest BCUT2D eigenvalue weighted by molar-refractivity contribution is 1.39. The molecule has 0 aliphatic heterocycles. The van der Waals surface area contributed by atoms with Crippen molar-refractivity contribution >= 4 is 28.2 Å². The van der Waals surface area contributed by atoms with Gasteiger partial charge in [0.05, 0.1) is 11.2 Å². The molecule has 0 fully saturated rings. The molecule has 2 N–H and O–H groups in total. The van der Waals surface area contributed by atoms with Gasteiger partial charge in [-0.15, -0.1) is 0 Å². The molecular formula is C10H9ClN2. The van der Waals surface area contributed by atoms with Crippen LogP contribution in [0.2, 0.25) is 5.15 Å². The Balaban J connectivity index is 2.89. The number of hydrogen-bond acceptors (Lipinski definition) is 2. The van der Waals surface area contributed by atoms with Crippen molar-refractivity contribution in [3.8, 4) is 0 Å². The molecule has 0 saturated carbocycles. The minimum atomic E-state index is 0.373. The van der Waals surface area contributed by atoms with E-state index in [4.69, 9.17) is 17.3 Å². The molecule has 0 aliphatic rings. The Bertz CT molecular complexity index is 466. The molecular weight excluding hydrogens is 184 g/mol. The van der Waals surface area contributed by atoms with E-state index in [2.05, 4.69) is 4.98 Å². The van der Waals surface area contributed by atoms with Crippen molar-refractivity contribution in [1.29, 1.82) is 0 Å². The van der Waals surface area contributed by atoms with E-state index in [0.29, 0.717) is 10.8 Å². The summed E-state index contributed by atoms with van der Waals surface area (Å²) in [5.41, 5.74) is 8.24. The third-order valence-corrected chi connectivity index (χ3v) is 2.36. The molecule has 1 aromatic carbocycles. The van der Waals surface area contributed by atoms with Gasteiger partial charge in [-0.25, -0.2) is 4.98 Å². The van der Waals surface area contributed by atoms with E-state index in [1.807, 2.05) is 31.2 Å². The van der Waals surface area contributed by atoms with E-state index >= 15 is 0 Å². The molecule has 2 aromatic rings. The fourth-order valence-electron chi connectivity index (χ4n) is 1.34. The van der Waals surface area contributed by atoms with Crippen molar-refractivity contribution in [2.75, 3.05) is 5.73 Å². The summed E-state index contributed by atoms with van der Waals surface area (Å²) in [7, 11) is 0. The van der Waals surface area contributed by atoms with Crippen LogP contribution < -0.4 is 5.73 Å².